The van der Waals surface area contributed by atoms with Crippen LogP contribution in [0.1, 0.15) is 36.8 Å². The van der Waals surface area contributed by atoms with Gasteiger partial charge in [-0.3, -0.25) is 15.1 Å². The third-order valence-corrected chi connectivity index (χ3v) is 6.78. The van der Waals surface area contributed by atoms with Crippen molar-refractivity contribution in [1.82, 2.24) is 30.4 Å². The summed E-state index contributed by atoms with van der Waals surface area (Å²) in [5.74, 6) is -2.28. The van der Waals surface area contributed by atoms with Gasteiger partial charge >= 0.3 is 12.1 Å². The molecule has 0 aliphatic rings. The van der Waals surface area contributed by atoms with Gasteiger partial charge in [0.15, 0.2) is 5.82 Å². The molecule has 3 heterocycles. The molecule has 15 heteroatoms. The van der Waals surface area contributed by atoms with Crippen molar-refractivity contribution in [1.29, 1.82) is 0 Å². The van der Waals surface area contributed by atoms with E-state index >= 15 is 4.39 Å². The quantitative estimate of drug-likeness (QED) is 0.146. The summed E-state index contributed by atoms with van der Waals surface area (Å²) in [7, 11) is 0. The maximum Gasteiger partial charge on any atom is 0.412 e. The van der Waals surface area contributed by atoms with Crippen LogP contribution in [0.2, 0.25) is 0 Å². The molecule has 0 saturated heterocycles. The number of aromatic nitrogens is 5. The Labute approximate surface area is 269 Å². The molecule has 5 aromatic rings. The summed E-state index contributed by atoms with van der Waals surface area (Å²) in [6, 6.07) is 12.7. The van der Waals surface area contributed by atoms with Crippen LogP contribution in [0.4, 0.5) is 14.9 Å². The zero-order valence-electron chi connectivity index (χ0n) is 24.7. The first-order valence-electron chi connectivity index (χ1n) is 13.8. The number of aliphatic carboxylic acids is 1. The van der Waals surface area contributed by atoms with E-state index in [1.807, 2.05) is 0 Å². The smallest absolute Gasteiger partial charge is 0.412 e. The van der Waals surface area contributed by atoms with Crippen LogP contribution in [0.15, 0.2) is 76.0 Å². The largest absolute Gasteiger partial charge is 0.480 e. The number of imidazole rings is 1. The van der Waals surface area contributed by atoms with Gasteiger partial charge in [0.25, 0.3) is 11.8 Å². The fraction of sp³-hybridized carbons (Fsp3) is 0.194. The maximum absolute atomic E-state index is 15.2. The molecule has 0 saturated carbocycles. The monoisotopic (exact) mass is 691 g/mol. The molecule has 236 valence electrons. The minimum absolute atomic E-state index is 0.0200. The predicted octanol–water partition coefficient (Wildman–Crippen LogP) is 5.86. The van der Waals surface area contributed by atoms with Crippen molar-refractivity contribution in [2.24, 2.45) is 0 Å². The number of carboxylic acid groups (broad SMARTS) is 1. The zero-order chi connectivity index (χ0) is 33.0. The van der Waals surface area contributed by atoms with Crippen molar-refractivity contribution in [2.45, 2.75) is 38.8 Å². The van der Waals surface area contributed by atoms with Crippen LogP contribution in [-0.4, -0.2) is 59.8 Å². The first-order valence-corrected chi connectivity index (χ1v) is 14.6. The lowest BCUT2D eigenvalue weighted by Gasteiger charge is -2.19. The van der Waals surface area contributed by atoms with Crippen LogP contribution in [0.5, 0.6) is 0 Å². The van der Waals surface area contributed by atoms with Gasteiger partial charge in [-0.1, -0.05) is 11.2 Å². The minimum atomic E-state index is -1.36. The molecular formula is C31H27BrFN7O6. The molecular weight excluding hydrogens is 665 g/mol. The lowest BCUT2D eigenvalue weighted by Crippen LogP contribution is -2.42. The molecule has 0 aliphatic heterocycles. The predicted molar refractivity (Wildman–Crippen MR) is 167 cm³/mol. The number of halogens is 2. The van der Waals surface area contributed by atoms with Crippen LogP contribution in [0, 0.1) is 5.82 Å². The molecule has 0 aliphatic carbocycles. The Morgan fingerprint density at radius 2 is 1.83 bits per heavy atom. The second-order valence-electron chi connectivity index (χ2n) is 11.0. The van der Waals surface area contributed by atoms with Gasteiger partial charge in [0, 0.05) is 28.3 Å². The summed E-state index contributed by atoms with van der Waals surface area (Å²) in [5.41, 5.74) is 1.25. The number of aromatic amines is 1. The Kier molecular flexibility index (Phi) is 9.23. The minimum Gasteiger partial charge on any atom is -0.480 e. The third-order valence-electron chi connectivity index (χ3n) is 6.31. The van der Waals surface area contributed by atoms with E-state index in [4.69, 9.17) is 9.26 Å². The van der Waals surface area contributed by atoms with Gasteiger partial charge in [0.05, 0.1) is 11.8 Å². The summed E-state index contributed by atoms with van der Waals surface area (Å²) in [4.78, 5) is 52.2. The molecule has 2 aromatic carbocycles. The van der Waals surface area contributed by atoms with Crippen molar-refractivity contribution < 1.29 is 33.1 Å². The second-order valence-corrected chi connectivity index (χ2v) is 11.9. The van der Waals surface area contributed by atoms with Crippen LogP contribution in [0.25, 0.3) is 34.4 Å². The van der Waals surface area contributed by atoms with E-state index in [1.165, 1.54) is 18.3 Å². The van der Waals surface area contributed by atoms with Gasteiger partial charge in [0.2, 0.25) is 5.82 Å². The highest BCUT2D eigenvalue weighted by Gasteiger charge is 2.24. The number of amides is 2. The summed E-state index contributed by atoms with van der Waals surface area (Å²) >= 11 is 3.30. The van der Waals surface area contributed by atoms with E-state index in [9.17, 15) is 19.5 Å². The highest BCUT2D eigenvalue weighted by Crippen LogP contribution is 2.26. The highest BCUT2D eigenvalue weighted by molar-refractivity contribution is 9.10. The first-order chi connectivity index (χ1) is 21.8. The lowest BCUT2D eigenvalue weighted by molar-refractivity contribution is -0.139. The molecule has 5 rings (SSSR count). The molecule has 13 nitrogen and oxygen atoms in total. The number of H-pyrrole nitrogens is 1. The molecule has 1 atom stereocenters. The SMILES string of the molecule is CC(C)(C)OC(=O)Nc1ccc(-c2nc(-c3ccc(CC(NC(=O)c4cnc(-c5ccc(Br)cn5)[nH]4)C(=O)O)cc3F)no2)cc1. The fourth-order valence-electron chi connectivity index (χ4n) is 4.19. The van der Waals surface area contributed by atoms with Crippen molar-refractivity contribution in [3.8, 4) is 34.4 Å². The average Bonchev–Trinajstić information content (AvgIpc) is 3.68. The van der Waals surface area contributed by atoms with Gasteiger partial charge in [-0.2, -0.15) is 4.98 Å². The lowest BCUT2D eigenvalue weighted by atomic mass is 10.0. The number of carbonyl (C=O) groups excluding carboxylic acids is 2. The summed E-state index contributed by atoms with van der Waals surface area (Å²) in [6.07, 6.45) is 2.05. The maximum atomic E-state index is 15.2. The van der Waals surface area contributed by atoms with Crippen LogP contribution < -0.4 is 10.6 Å². The Morgan fingerprint density at radius 1 is 1.07 bits per heavy atom. The average molecular weight is 693 g/mol. The molecule has 0 bridgehead atoms. The van der Waals surface area contributed by atoms with E-state index in [2.05, 4.69) is 51.7 Å². The molecule has 0 radical (unpaired) electrons. The number of carboxylic acids is 1. The van der Waals surface area contributed by atoms with Gasteiger partial charge in [0.1, 0.15) is 28.8 Å². The van der Waals surface area contributed by atoms with E-state index in [-0.39, 0.29) is 29.4 Å². The standard InChI is InChI=1S/C31H27BrFN7O6/c1-31(2,3)45-30(44)36-19-8-5-17(6-9-19)28-39-25(40-46-28)20-10-4-16(12-21(20)33)13-23(29(42)43)38-27(41)24-15-35-26(37-24)22-11-7-18(32)14-34-22/h4-12,14-15,23H,13H2,1-3H3,(H,35,37)(H,36,44)(H,38,41)(H,42,43). The summed E-state index contributed by atoms with van der Waals surface area (Å²) < 4.78 is 26.5. The number of carbonyl (C=O) groups is 3. The highest BCUT2D eigenvalue weighted by atomic mass is 79.9. The van der Waals surface area contributed by atoms with E-state index in [0.29, 0.717) is 28.3 Å². The second kappa shape index (κ2) is 13.3. The number of hydrogen-bond acceptors (Lipinski definition) is 9. The summed E-state index contributed by atoms with van der Waals surface area (Å²) in [5, 5.41) is 18.7. The van der Waals surface area contributed by atoms with Crippen LogP contribution in [0.3, 0.4) is 0 Å². The molecule has 2 amide bonds. The number of rotatable bonds is 9. The van der Waals surface area contributed by atoms with Gasteiger partial charge < -0.3 is 24.7 Å². The van der Waals surface area contributed by atoms with Crippen LogP contribution in [-0.2, 0) is 16.0 Å². The van der Waals surface area contributed by atoms with E-state index in [0.717, 1.165) is 10.5 Å². The Morgan fingerprint density at radius 3 is 2.48 bits per heavy atom. The van der Waals surface area contributed by atoms with Gasteiger partial charge in [-0.25, -0.2) is 19.0 Å². The molecule has 46 heavy (non-hydrogen) atoms. The number of anilines is 1. The normalized spacial score (nSPS) is 11.9. The third kappa shape index (κ3) is 7.98. The Hall–Kier alpha value is -5.44. The molecule has 3 aromatic heterocycles. The zero-order valence-corrected chi connectivity index (χ0v) is 26.3. The molecule has 0 fully saturated rings. The number of ether oxygens (including phenoxy) is 1. The number of nitrogens with one attached hydrogen (secondary N) is 3. The summed E-state index contributed by atoms with van der Waals surface area (Å²) in [6.45, 7) is 5.28. The van der Waals surface area contributed by atoms with Crippen LogP contribution >= 0.6 is 15.9 Å². The Bertz CT molecular complexity index is 1880. The first kappa shape index (κ1) is 32.0. The molecule has 0 spiro atoms. The van der Waals surface area contributed by atoms with Crippen molar-refractivity contribution in [2.75, 3.05) is 5.32 Å². The Balaban J connectivity index is 1.23. The fourth-order valence-corrected chi connectivity index (χ4v) is 4.42. The number of hydrogen-bond donors (Lipinski definition) is 4. The van der Waals surface area contributed by atoms with Gasteiger partial charge in [-0.05, 0) is 90.8 Å². The van der Waals surface area contributed by atoms with E-state index < -0.39 is 35.4 Å². The molecule has 4 N–H and O–H groups in total. The van der Waals surface area contributed by atoms with Crippen molar-refractivity contribution in [3.05, 3.63) is 88.5 Å². The van der Waals surface area contributed by atoms with Crippen molar-refractivity contribution in [3.63, 3.8) is 0 Å². The topological polar surface area (TPSA) is 185 Å². The number of nitrogens with zero attached hydrogens (tertiary/aromatic N) is 4. The van der Waals surface area contributed by atoms with Crippen molar-refractivity contribution >= 4 is 39.6 Å². The van der Waals surface area contributed by atoms with Gasteiger partial charge in [-0.15, -0.1) is 0 Å². The number of benzene rings is 2. The molecule has 1 unspecified atom stereocenters. The van der Waals surface area contributed by atoms with E-state index in [1.54, 1.807) is 63.4 Å². The number of pyridine rings is 1.